The van der Waals surface area contributed by atoms with E-state index >= 15 is 0 Å². The third kappa shape index (κ3) is 3.55. The molecule has 1 fully saturated rings. The Balaban J connectivity index is 1.53. The minimum absolute atomic E-state index is 0.199. The first-order valence-electron chi connectivity index (χ1n) is 9.20. The standard InChI is InChI=1S/C20H21ClN4O3/c1-28-20(27)16-12-25(11-15-18(16)22-23-19(15)26)14-6-8-24(9-7-14)10-13-4-2-3-5-17(13)21/h2-5,11-12,14H,6-10H2,1H3,(H,23,26). The highest BCUT2D eigenvalue weighted by Crippen LogP contribution is 2.29. The van der Waals surface area contributed by atoms with Crippen LogP contribution in [0.15, 0.2) is 41.5 Å². The van der Waals surface area contributed by atoms with Crippen molar-refractivity contribution in [1.29, 1.82) is 0 Å². The zero-order chi connectivity index (χ0) is 19.7. The van der Waals surface area contributed by atoms with Gasteiger partial charge in [0.05, 0.1) is 12.7 Å². The van der Waals surface area contributed by atoms with Gasteiger partial charge in [-0.05, 0) is 24.5 Å². The average Bonchev–Trinajstić information content (AvgIpc) is 3.10. The van der Waals surface area contributed by atoms with Crippen LogP contribution in [-0.2, 0) is 11.3 Å². The second-order valence-electron chi connectivity index (χ2n) is 7.02. The SMILES string of the molecule is COC(=O)c1cn(C2CCN(Cc3ccccc3Cl)CC2)cc2c(=O)[nH]nc1-2. The summed E-state index contributed by atoms with van der Waals surface area (Å²) in [5, 5.41) is 7.17. The number of piperidine rings is 1. The van der Waals surface area contributed by atoms with Crippen LogP contribution in [0.5, 0.6) is 0 Å². The number of hydrogen-bond donors (Lipinski definition) is 1. The molecule has 8 heteroatoms. The minimum Gasteiger partial charge on any atom is -0.465 e. The number of esters is 1. The van der Waals surface area contributed by atoms with Crippen LogP contribution in [0, 0.1) is 0 Å². The molecule has 0 aromatic heterocycles. The summed E-state index contributed by atoms with van der Waals surface area (Å²) in [5.74, 6) is -0.498. The Hall–Kier alpha value is -2.64. The normalized spacial score (nSPS) is 15.8. The molecule has 0 amide bonds. The Kier molecular flexibility index (Phi) is 5.19. The van der Waals surface area contributed by atoms with Gasteiger partial charge in [0.25, 0.3) is 5.56 Å². The van der Waals surface area contributed by atoms with Crippen molar-refractivity contribution in [3.63, 3.8) is 0 Å². The van der Waals surface area contributed by atoms with Gasteiger partial charge in [0.1, 0.15) is 11.3 Å². The largest absolute Gasteiger partial charge is 0.465 e. The first-order valence-corrected chi connectivity index (χ1v) is 9.58. The van der Waals surface area contributed by atoms with Gasteiger partial charge in [-0.1, -0.05) is 29.8 Å². The lowest BCUT2D eigenvalue weighted by atomic mass is 10.0. The highest BCUT2D eigenvalue weighted by Gasteiger charge is 2.26. The van der Waals surface area contributed by atoms with E-state index in [0.717, 1.165) is 43.1 Å². The number of nitrogens with zero attached hydrogens (tertiary/aromatic N) is 3. The monoisotopic (exact) mass is 400 g/mol. The van der Waals surface area contributed by atoms with Gasteiger partial charge in [0.15, 0.2) is 0 Å². The first-order chi connectivity index (χ1) is 13.6. The van der Waals surface area contributed by atoms with Crippen LogP contribution in [-0.4, -0.2) is 45.8 Å². The van der Waals surface area contributed by atoms with Gasteiger partial charge in [0.2, 0.25) is 0 Å². The predicted molar refractivity (Wildman–Crippen MR) is 106 cm³/mol. The molecule has 0 saturated carbocycles. The van der Waals surface area contributed by atoms with Gasteiger partial charge in [-0.3, -0.25) is 9.69 Å². The number of fused-ring (bicyclic) bond motifs is 1. The average molecular weight is 401 g/mol. The number of nitrogens with one attached hydrogen (secondary N) is 1. The number of halogens is 1. The van der Waals surface area contributed by atoms with Crippen molar-refractivity contribution < 1.29 is 9.53 Å². The van der Waals surface area contributed by atoms with Crippen LogP contribution in [0.3, 0.4) is 0 Å². The van der Waals surface area contributed by atoms with Gasteiger partial charge in [-0.25, -0.2) is 9.89 Å². The second-order valence-corrected chi connectivity index (χ2v) is 7.43. The molecular formula is C20H21ClN4O3. The third-order valence-electron chi connectivity index (χ3n) is 5.32. The van der Waals surface area contributed by atoms with Crippen LogP contribution in [0.1, 0.15) is 34.8 Å². The number of pyridine rings is 1. The highest BCUT2D eigenvalue weighted by molar-refractivity contribution is 6.31. The van der Waals surface area contributed by atoms with E-state index in [4.69, 9.17) is 16.3 Å². The number of benzene rings is 1. The number of hydrogen-bond acceptors (Lipinski definition) is 5. The van der Waals surface area contributed by atoms with Crippen molar-refractivity contribution in [2.45, 2.75) is 25.4 Å². The predicted octanol–water partition coefficient (Wildman–Crippen LogP) is 2.95. The fourth-order valence-electron chi connectivity index (χ4n) is 3.77. The smallest absolute Gasteiger partial charge is 0.341 e. The molecule has 0 bridgehead atoms. The summed E-state index contributed by atoms with van der Waals surface area (Å²) in [5.41, 5.74) is 1.88. The van der Waals surface area contributed by atoms with E-state index < -0.39 is 5.97 Å². The molecule has 146 valence electrons. The zero-order valence-corrected chi connectivity index (χ0v) is 16.3. The molecule has 1 N–H and O–H groups in total. The maximum atomic E-state index is 12.1. The fourth-order valence-corrected chi connectivity index (χ4v) is 3.97. The second kappa shape index (κ2) is 7.77. The lowest BCUT2D eigenvalue weighted by molar-refractivity contribution is 0.0599. The lowest BCUT2D eigenvalue weighted by Crippen LogP contribution is -2.34. The molecule has 1 aromatic carbocycles. The lowest BCUT2D eigenvalue weighted by Gasteiger charge is -2.33. The van der Waals surface area contributed by atoms with Gasteiger partial charge in [0, 0.05) is 43.1 Å². The quantitative estimate of drug-likeness (QED) is 0.681. The maximum Gasteiger partial charge on any atom is 0.341 e. The van der Waals surface area contributed by atoms with E-state index in [1.165, 1.54) is 7.11 Å². The molecule has 0 atom stereocenters. The molecule has 0 aliphatic carbocycles. The molecule has 0 spiro atoms. The van der Waals surface area contributed by atoms with Gasteiger partial charge < -0.3 is 9.30 Å². The summed E-state index contributed by atoms with van der Waals surface area (Å²) in [4.78, 5) is 26.6. The summed E-state index contributed by atoms with van der Waals surface area (Å²) < 4.78 is 6.82. The van der Waals surface area contributed by atoms with Gasteiger partial charge >= 0.3 is 5.97 Å². The number of ether oxygens (including phenoxy) is 1. The first kappa shape index (κ1) is 18.7. The molecular weight excluding hydrogens is 380 g/mol. The minimum atomic E-state index is -0.498. The van der Waals surface area contributed by atoms with Crippen molar-refractivity contribution in [3.05, 3.63) is 63.2 Å². The zero-order valence-electron chi connectivity index (χ0n) is 15.5. The molecule has 0 radical (unpaired) electrons. The van der Waals surface area contributed by atoms with E-state index in [1.807, 2.05) is 22.8 Å². The Bertz CT molecular complexity index is 1020. The number of carbonyl (C=O) groups excluding carboxylic acids is 1. The third-order valence-corrected chi connectivity index (χ3v) is 5.69. The molecule has 3 heterocycles. The van der Waals surface area contributed by atoms with Crippen LogP contribution < -0.4 is 5.56 Å². The molecule has 28 heavy (non-hydrogen) atoms. The Morgan fingerprint density at radius 3 is 2.75 bits per heavy atom. The molecule has 1 aromatic rings. The number of methoxy groups -OCH3 is 1. The highest BCUT2D eigenvalue weighted by atomic mass is 35.5. The Morgan fingerprint density at radius 1 is 1.29 bits per heavy atom. The van der Waals surface area contributed by atoms with Crippen molar-refractivity contribution >= 4 is 17.6 Å². The van der Waals surface area contributed by atoms with Crippen LogP contribution in [0.25, 0.3) is 11.3 Å². The van der Waals surface area contributed by atoms with E-state index in [-0.39, 0.29) is 11.6 Å². The molecule has 3 aliphatic heterocycles. The number of aromatic amines is 1. The topological polar surface area (TPSA) is 80.2 Å². The van der Waals surface area contributed by atoms with Crippen molar-refractivity contribution in [3.8, 4) is 11.3 Å². The summed E-state index contributed by atoms with van der Waals surface area (Å²) in [6, 6.07) is 8.09. The fraction of sp³-hybridized carbons (Fsp3) is 0.350. The van der Waals surface area contributed by atoms with Crippen LogP contribution in [0.2, 0.25) is 5.02 Å². The summed E-state index contributed by atoms with van der Waals surface area (Å²) in [7, 11) is 1.32. The van der Waals surface area contributed by atoms with E-state index in [9.17, 15) is 9.59 Å². The summed E-state index contributed by atoms with van der Waals surface area (Å²) in [6.07, 6.45) is 5.34. The van der Waals surface area contributed by atoms with Crippen molar-refractivity contribution in [2.75, 3.05) is 20.2 Å². The number of aromatic nitrogens is 3. The van der Waals surface area contributed by atoms with Crippen molar-refractivity contribution in [1.82, 2.24) is 19.7 Å². The van der Waals surface area contributed by atoms with Gasteiger partial charge in [-0.2, -0.15) is 5.10 Å². The Morgan fingerprint density at radius 2 is 2.04 bits per heavy atom. The molecule has 7 nitrogen and oxygen atoms in total. The number of rotatable bonds is 4. The van der Waals surface area contributed by atoms with E-state index in [2.05, 4.69) is 21.2 Å². The van der Waals surface area contributed by atoms with Crippen LogP contribution in [0.4, 0.5) is 0 Å². The summed E-state index contributed by atoms with van der Waals surface area (Å²) in [6.45, 7) is 2.63. The number of H-pyrrole nitrogens is 1. The van der Waals surface area contributed by atoms with Crippen LogP contribution >= 0.6 is 11.6 Å². The molecule has 0 unspecified atom stereocenters. The van der Waals surface area contributed by atoms with E-state index in [0.29, 0.717) is 16.8 Å². The number of carbonyl (C=O) groups is 1. The van der Waals surface area contributed by atoms with E-state index in [1.54, 1.807) is 12.4 Å². The molecule has 3 aliphatic rings. The molecule has 4 rings (SSSR count). The Labute approximate surface area is 167 Å². The van der Waals surface area contributed by atoms with Gasteiger partial charge in [-0.15, -0.1) is 0 Å². The molecule has 1 saturated heterocycles. The number of likely N-dealkylation sites (tertiary alicyclic amines) is 1. The maximum absolute atomic E-state index is 12.1. The van der Waals surface area contributed by atoms with Crippen molar-refractivity contribution in [2.24, 2.45) is 0 Å². The summed E-state index contributed by atoms with van der Waals surface area (Å²) >= 11 is 6.28.